The minimum atomic E-state index is 0.222. The lowest BCUT2D eigenvalue weighted by molar-refractivity contribution is 0.0607. The Morgan fingerprint density at radius 3 is 2.40 bits per heavy atom. The number of hydrogen-bond acceptors (Lipinski definition) is 6. The van der Waals surface area contributed by atoms with E-state index >= 15 is 0 Å². The number of piperidine rings is 2. The minimum absolute atomic E-state index is 0.222. The van der Waals surface area contributed by atoms with Gasteiger partial charge < -0.3 is 15.5 Å². The molecule has 2 aliphatic heterocycles. The fourth-order valence-electron chi connectivity index (χ4n) is 3.44. The lowest BCUT2D eigenvalue weighted by Gasteiger charge is -2.47. The van der Waals surface area contributed by atoms with Gasteiger partial charge in [0.2, 0.25) is 17.2 Å². The molecule has 2 unspecified atom stereocenters. The number of halogens is 1. The summed E-state index contributed by atoms with van der Waals surface area (Å²) in [5, 5.41) is 6.55. The summed E-state index contributed by atoms with van der Waals surface area (Å²) in [4.78, 5) is 15.0. The van der Waals surface area contributed by atoms with Gasteiger partial charge in [-0.05, 0) is 44.3 Å². The molecule has 110 valence electrons. The second-order valence-corrected chi connectivity index (χ2v) is 6.06. The van der Waals surface area contributed by atoms with E-state index in [1.54, 1.807) is 7.05 Å². The molecule has 0 aromatic carbocycles. The first-order chi connectivity index (χ1) is 9.65. The fourth-order valence-corrected chi connectivity index (χ4v) is 3.60. The standard InChI is InChI=1S/C13H21ClN6/c1-15-12-17-11(14)18-13(19-12)16-8-6-9-4-3-5-10(7-8)20(9)2/h8-10H,3-7H2,1-2H3,(H2,15,16,17,18,19). The van der Waals surface area contributed by atoms with Crippen molar-refractivity contribution in [1.82, 2.24) is 19.9 Å². The number of aromatic nitrogens is 3. The zero-order chi connectivity index (χ0) is 14.1. The Hall–Kier alpha value is -1.14. The second-order valence-electron chi connectivity index (χ2n) is 5.72. The molecular formula is C13H21ClN6. The smallest absolute Gasteiger partial charge is 0.229 e. The van der Waals surface area contributed by atoms with E-state index in [1.807, 2.05) is 0 Å². The summed E-state index contributed by atoms with van der Waals surface area (Å²) < 4.78 is 0. The Morgan fingerprint density at radius 1 is 1.10 bits per heavy atom. The van der Waals surface area contributed by atoms with Crippen LogP contribution < -0.4 is 10.6 Å². The van der Waals surface area contributed by atoms with Crippen LogP contribution in [0.4, 0.5) is 11.9 Å². The van der Waals surface area contributed by atoms with Crippen molar-refractivity contribution >= 4 is 23.5 Å². The van der Waals surface area contributed by atoms with E-state index in [-0.39, 0.29) is 5.28 Å². The number of hydrogen-bond donors (Lipinski definition) is 2. The predicted molar refractivity (Wildman–Crippen MR) is 80.2 cm³/mol. The molecule has 2 fully saturated rings. The molecule has 2 N–H and O–H groups in total. The maximum atomic E-state index is 5.91. The van der Waals surface area contributed by atoms with Crippen LogP contribution in [0.2, 0.25) is 5.28 Å². The molecule has 2 aliphatic rings. The van der Waals surface area contributed by atoms with Gasteiger partial charge in [0.1, 0.15) is 0 Å². The molecule has 1 aromatic rings. The van der Waals surface area contributed by atoms with E-state index in [2.05, 4.69) is 37.5 Å². The third-order valence-corrected chi connectivity index (χ3v) is 4.67. The van der Waals surface area contributed by atoms with Crippen molar-refractivity contribution in [3.8, 4) is 0 Å². The Kier molecular flexibility index (Phi) is 3.94. The highest BCUT2D eigenvalue weighted by Crippen LogP contribution is 2.33. The van der Waals surface area contributed by atoms with Gasteiger partial charge in [-0.25, -0.2) is 0 Å². The first kappa shape index (κ1) is 13.8. The molecule has 0 aliphatic carbocycles. The second kappa shape index (κ2) is 5.69. The van der Waals surface area contributed by atoms with Crippen molar-refractivity contribution in [2.24, 2.45) is 0 Å². The van der Waals surface area contributed by atoms with Crippen LogP contribution in [0.1, 0.15) is 32.1 Å². The summed E-state index contributed by atoms with van der Waals surface area (Å²) in [6.45, 7) is 0. The molecular weight excluding hydrogens is 276 g/mol. The van der Waals surface area contributed by atoms with Crippen LogP contribution in [0, 0.1) is 0 Å². The molecule has 0 spiro atoms. The Bertz CT molecular complexity index is 468. The van der Waals surface area contributed by atoms with Gasteiger partial charge in [-0.15, -0.1) is 0 Å². The van der Waals surface area contributed by atoms with Gasteiger partial charge in [0.15, 0.2) is 0 Å². The number of rotatable bonds is 3. The molecule has 2 saturated heterocycles. The van der Waals surface area contributed by atoms with Crippen molar-refractivity contribution in [3.63, 3.8) is 0 Å². The molecule has 1 aromatic heterocycles. The van der Waals surface area contributed by atoms with Crippen LogP contribution >= 0.6 is 11.6 Å². The van der Waals surface area contributed by atoms with Crippen LogP contribution in [0.5, 0.6) is 0 Å². The van der Waals surface area contributed by atoms with E-state index < -0.39 is 0 Å². The van der Waals surface area contributed by atoms with Crippen molar-refractivity contribution in [1.29, 1.82) is 0 Å². The van der Waals surface area contributed by atoms with Crippen molar-refractivity contribution in [2.45, 2.75) is 50.2 Å². The first-order valence-electron chi connectivity index (χ1n) is 7.23. The van der Waals surface area contributed by atoms with Gasteiger partial charge >= 0.3 is 0 Å². The molecule has 20 heavy (non-hydrogen) atoms. The predicted octanol–water partition coefficient (Wildman–Crippen LogP) is 1.99. The zero-order valence-electron chi connectivity index (χ0n) is 11.9. The van der Waals surface area contributed by atoms with Crippen LogP contribution in [0.15, 0.2) is 0 Å². The van der Waals surface area contributed by atoms with Crippen LogP contribution in [0.3, 0.4) is 0 Å². The average molecular weight is 297 g/mol. The van der Waals surface area contributed by atoms with E-state index in [0.717, 1.165) is 12.8 Å². The molecule has 7 heteroatoms. The van der Waals surface area contributed by atoms with Crippen molar-refractivity contribution < 1.29 is 0 Å². The SMILES string of the molecule is CNc1nc(Cl)nc(NC2CC3CCCC(C2)N3C)n1. The molecule has 3 rings (SSSR count). The molecule has 0 amide bonds. The highest BCUT2D eigenvalue weighted by molar-refractivity contribution is 6.28. The summed E-state index contributed by atoms with van der Waals surface area (Å²) in [6.07, 6.45) is 6.24. The maximum absolute atomic E-state index is 5.91. The van der Waals surface area contributed by atoms with Gasteiger partial charge in [0.25, 0.3) is 0 Å². The summed E-state index contributed by atoms with van der Waals surface area (Å²) >= 11 is 5.91. The van der Waals surface area contributed by atoms with E-state index in [4.69, 9.17) is 11.6 Å². The van der Waals surface area contributed by atoms with Crippen molar-refractivity contribution in [3.05, 3.63) is 5.28 Å². The number of anilines is 2. The normalized spacial score (nSPS) is 30.1. The minimum Gasteiger partial charge on any atom is -0.357 e. The van der Waals surface area contributed by atoms with Gasteiger partial charge in [-0.3, -0.25) is 0 Å². The van der Waals surface area contributed by atoms with Crippen LogP contribution in [-0.4, -0.2) is 52.1 Å². The highest BCUT2D eigenvalue weighted by Gasteiger charge is 2.36. The summed E-state index contributed by atoms with van der Waals surface area (Å²) in [5.74, 6) is 1.07. The first-order valence-corrected chi connectivity index (χ1v) is 7.61. The molecule has 3 heterocycles. The van der Waals surface area contributed by atoms with Crippen LogP contribution in [-0.2, 0) is 0 Å². The molecule has 0 radical (unpaired) electrons. The quantitative estimate of drug-likeness (QED) is 0.889. The monoisotopic (exact) mass is 296 g/mol. The number of nitrogens with zero attached hydrogens (tertiary/aromatic N) is 4. The Labute approximate surface area is 124 Å². The lowest BCUT2D eigenvalue weighted by Crippen LogP contribution is -2.52. The third kappa shape index (κ3) is 2.81. The lowest BCUT2D eigenvalue weighted by atomic mass is 9.82. The summed E-state index contributed by atoms with van der Waals surface area (Å²) in [5.41, 5.74) is 0. The molecule has 2 atom stereocenters. The summed E-state index contributed by atoms with van der Waals surface area (Å²) in [7, 11) is 4.03. The molecule has 2 bridgehead atoms. The van der Waals surface area contributed by atoms with E-state index in [1.165, 1.54) is 19.3 Å². The van der Waals surface area contributed by atoms with Crippen molar-refractivity contribution in [2.75, 3.05) is 24.7 Å². The fraction of sp³-hybridized carbons (Fsp3) is 0.769. The maximum Gasteiger partial charge on any atom is 0.229 e. The largest absolute Gasteiger partial charge is 0.357 e. The van der Waals surface area contributed by atoms with Crippen LogP contribution in [0.25, 0.3) is 0 Å². The Morgan fingerprint density at radius 2 is 1.75 bits per heavy atom. The van der Waals surface area contributed by atoms with Gasteiger partial charge in [-0.1, -0.05) is 6.42 Å². The molecule has 0 saturated carbocycles. The van der Waals surface area contributed by atoms with Gasteiger partial charge in [0, 0.05) is 25.2 Å². The summed E-state index contributed by atoms with van der Waals surface area (Å²) in [6, 6.07) is 1.78. The topological polar surface area (TPSA) is 66.0 Å². The highest BCUT2D eigenvalue weighted by atomic mass is 35.5. The van der Waals surface area contributed by atoms with Gasteiger partial charge in [0.05, 0.1) is 0 Å². The molecule has 6 nitrogen and oxygen atoms in total. The number of fused-ring (bicyclic) bond motifs is 2. The average Bonchev–Trinajstić information content (AvgIpc) is 2.39. The van der Waals surface area contributed by atoms with Gasteiger partial charge in [-0.2, -0.15) is 15.0 Å². The zero-order valence-corrected chi connectivity index (χ0v) is 12.7. The Balaban J connectivity index is 1.70. The van der Waals surface area contributed by atoms with E-state index in [0.29, 0.717) is 30.0 Å². The number of nitrogens with one attached hydrogen (secondary N) is 2. The van der Waals surface area contributed by atoms with E-state index in [9.17, 15) is 0 Å². The third-order valence-electron chi connectivity index (χ3n) is 4.50.